The Morgan fingerprint density at radius 1 is 1.32 bits per heavy atom. The van der Waals surface area contributed by atoms with Crippen LogP contribution in [0, 0.1) is 0 Å². The fourth-order valence-electron chi connectivity index (χ4n) is 1.55. The van der Waals surface area contributed by atoms with Gasteiger partial charge >= 0.3 is 5.97 Å². The van der Waals surface area contributed by atoms with E-state index >= 15 is 0 Å². The zero-order valence-corrected chi connectivity index (χ0v) is 10.9. The summed E-state index contributed by atoms with van der Waals surface area (Å²) < 4.78 is 4.43. The van der Waals surface area contributed by atoms with Crippen LogP contribution in [0.25, 0.3) is 10.9 Å². The van der Waals surface area contributed by atoms with Crippen LogP contribution in [0.3, 0.4) is 0 Å². The molecule has 1 heterocycles. The first-order valence-corrected chi connectivity index (χ1v) is 5.90. The molecular formula is C13H11ClN2O3. The number of nitrogens with zero attached hydrogens (tertiary/aromatic N) is 1. The molecular weight excluding hydrogens is 268 g/mol. The van der Waals surface area contributed by atoms with E-state index < -0.39 is 11.9 Å². The van der Waals surface area contributed by atoms with E-state index in [-0.39, 0.29) is 12.2 Å². The Bertz CT molecular complexity index is 643. The SMILES string of the molecule is COC(=O)CNC(=O)c1ccc2cccc(Cl)c2n1. The third kappa shape index (κ3) is 3.00. The summed E-state index contributed by atoms with van der Waals surface area (Å²) in [7, 11) is 1.25. The van der Waals surface area contributed by atoms with E-state index in [9.17, 15) is 9.59 Å². The molecule has 1 N–H and O–H groups in total. The molecule has 0 bridgehead atoms. The summed E-state index contributed by atoms with van der Waals surface area (Å²) in [5.41, 5.74) is 0.749. The Kier molecular flexibility index (Phi) is 3.97. The molecule has 0 atom stereocenters. The fourth-order valence-corrected chi connectivity index (χ4v) is 1.78. The molecule has 0 aliphatic carbocycles. The van der Waals surface area contributed by atoms with Gasteiger partial charge in [0.15, 0.2) is 0 Å². The third-order valence-corrected chi connectivity index (χ3v) is 2.83. The predicted octanol–water partition coefficient (Wildman–Crippen LogP) is 1.79. The number of rotatable bonds is 3. The summed E-state index contributed by atoms with van der Waals surface area (Å²) in [6.07, 6.45) is 0. The highest BCUT2D eigenvalue weighted by molar-refractivity contribution is 6.35. The van der Waals surface area contributed by atoms with E-state index in [0.717, 1.165) is 5.39 Å². The van der Waals surface area contributed by atoms with E-state index in [4.69, 9.17) is 11.6 Å². The summed E-state index contributed by atoms with van der Waals surface area (Å²) in [6, 6.07) is 8.69. The van der Waals surface area contributed by atoms with Crippen LogP contribution in [-0.2, 0) is 9.53 Å². The molecule has 6 heteroatoms. The second-order valence-corrected chi connectivity index (χ2v) is 4.17. The summed E-state index contributed by atoms with van der Waals surface area (Å²) in [4.78, 5) is 26.9. The minimum atomic E-state index is -0.521. The van der Waals surface area contributed by atoms with Gasteiger partial charge in [0.2, 0.25) is 0 Å². The zero-order chi connectivity index (χ0) is 13.8. The number of nitrogens with one attached hydrogen (secondary N) is 1. The molecule has 0 spiro atoms. The van der Waals surface area contributed by atoms with Gasteiger partial charge in [-0.25, -0.2) is 4.98 Å². The zero-order valence-electron chi connectivity index (χ0n) is 10.1. The maximum atomic E-state index is 11.8. The van der Waals surface area contributed by atoms with Gasteiger partial charge in [0.25, 0.3) is 5.91 Å². The Morgan fingerprint density at radius 3 is 2.84 bits per heavy atom. The quantitative estimate of drug-likeness (QED) is 0.869. The van der Waals surface area contributed by atoms with Gasteiger partial charge in [-0.05, 0) is 12.1 Å². The molecule has 2 aromatic rings. The second-order valence-electron chi connectivity index (χ2n) is 3.77. The molecule has 1 aromatic heterocycles. The number of ether oxygens (including phenoxy) is 1. The van der Waals surface area contributed by atoms with Crippen LogP contribution in [0.2, 0.25) is 5.02 Å². The lowest BCUT2D eigenvalue weighted by molar-refractivity contribution is -0.139. The minimum absolute atomic E-state index is 0.197. The molecule has 0 fully saturated rings. The lowest BCUT2D eigenvalue weighted by Crippen LogP contribution is -2.30. The van der Waals surface area contributed by atoms with E-state index in [0.29, 0.717) is 10.5 Å². The number of hydrogen-bond donors (Lipinski definition) is 1. The van der Waals surface area contributed by atoms with Crippen molar-refractivity contribution in [2.24, 2.45) is 0 Å². The Balaban J connectivity index is 2.23. The number of esters is 1. The van der Waals surface area contributed by atoms with Crippen LogP contribution >= 0.6 is 11.6 Å². The average molecular weight is 279 g/mol. The number of para-hydroxylation sites is 1. The number of aromatic nitrogens is 1. The molecule has 5 nitrogen and oxygen atoms in total. The van der Waals surface area contributed by atoms with Crippen LogP contribution in [0.4, 0.5) is 0 Å². The van der Waals surface area contributed by atoms with Crippen molar-refractivity contribution >= 4 is 34.4 Å². The van der Waals surface area contributed by atoms with Crippen LogP contribution in [0.5, 0.6) is 0 Å². The van der Waals surface area contributed by atoms with E-state index in [1.165, 1.54) is 7.11 Å². The van der Waals surface area contributed by atoms with Crippen LogP contribution in [-0.4, -0.2) is 30.5 Å². The highest BCUT2D eigenvalue weighted by Gasteiger charge is 2.11. The second kappa shape index (κ2) is 5.67. The van der Waals surface area contributed by atoms with Gasteiger partial charge in [0.05, 0.1) is 17.6 Å². The number of benzene rings is 1. The average Bonchev–Trinajstić information content (AvgIpc) is 2.44. The molecule has 0 aliphatic rings. The number of hydrogen-bond acceptors (Lipinski definition) is 4. The normalized spacial score (nSPS) is 10.2. The number of fused-ring (bicyclic) bond motifs is 1. The predicted molar refractivity (Wildman–Crippen MR) is 71.1 cm³/mol. The summed E-state index contributed by atoms with van der Waals surface area (Å²) in [5, 5.41) is 3.73. The van der Waals surface area contributed by atoms with Crippen molar-refractivity contribution in [3.8, 4) is 0 Å². The fraction of sp³-hybridized carbons (Fsp3) is 0.154. The van der Waals surface area contributed by atoms with Gasteiger partial charge in [-0.2, -0.15) is 0 Å². The Labute approximate surface area is 114 Å². The molecule has 98 valence electrons. The van der Waals surface area contributed by atoms with E-state index in [1.807, 2.05) is 12.1 Å². The molecule has 0 saturated carbocycles. The van der Waals surface area contributed by atoms with Gasteiger partial charge in [0.1, 0.15) is 12.2 Å². The molecule has 0 radical (unpaired) electrons. The lowest BCUT2D eigenvalue weighted by atomic mass is 10.2. The standard InChI is InChI=1S/C13H11ClN2O3/c1-19-11(17)7-15-13(18)10-6-5-8-3-2-4-9(14)12(8)16-10/h2-6H,7H2,1H3,(H,15,18). The number of halogens is 1. The van der Waals surface area contributed by atoms with Gasteiger partial charge in [-0.15, -0.1) is 0 Å². The Morgan fingerprint density at radius 2 is 2.11 bits per heavy atom. The van der Waals surface area contributed by atoms with Crippen molar-refractivity contribution in [1.29, 1.82) is 0 Å². The molecule has 0 unspecified atom stereocenters. The van der Waals surface area contributed by atoms with Crippen molar-refractivity contribution in [3.63, 3.8) is 0 Å². The maximum Gasteiger partial charge on any atom is 0.325 e. The first-order chi connectivity index (χ1) is 9.11. The van der Waals surface area contributed by atoms with Gasteiger partial charge in [-0.3, -0.25) is 9.59 Å². The highest BCUT2D eigenvalue weighted by atomic mass is 35.5. The monoisotopic (exact) mass is 278 g/mol. The maximum absolute atomic E-state index is 11.8. The smallest absolute Gasteiger partial charge is 0.325 e. The van der Waals surface area contributed by atoms with Crippen LogP contribution in [0.15, 0.2) is 30.3 Å². The van der Waals surface area contributed by atoms with Crippen LogP contribution in [0.1, 0.15) is 10.5 Å². The highest BCUT2D eigenvalue weighted by Crippen LogP contribution is 2.21. The van der Waals surface area contributed by atoms with Gasteiger partial charge < -0.3 is 10.1 Å². The van der Waals surface area contributed by atoms with Crippen molar-refractivity contribution in [3.05, 3.63) is 41.0 Å². The Hall–Kier alpha value is -2.14. The first kappa shape index (κ1) is 13.3. The van der Waals surface area contributed by atoms with Crippen molar-refractivity contribution in [2.75, 3.05) is 13.7 Å². The molecule has 2 rings (SSSR count). The molecule has 1 aromatic carbocycles. The largest absolute Gasteiger partial charge is 0.468 e. The van der Waals surface area contributed by atoms with E-state index in [1.54, 1.807) is 18.2 Å². The molecule has 0 aliphatic heterocycles. The number of methoxy groups -OCH3 is 1. The van der Waals surface area contributed by atoms with Crippen LogP contribution < -0.4 is 5.32 Å². The van der Waals surface area contributed by atoms with E-state index in [2.05, 4.69) is 15.0 Å². The summed E-state index contributed by atoms with van der Waals surface area (Å²) >= 11 is 6.02. The minimum Gasteiger partial charge on any atom is -0.468 e. The third-order valence-electron chi connectivity index (χ3n) is 2.52. The molecule has 0 saturated heterocycles. The summed E-state index contributed by atoms with van der Waals surface area (Å²) in [5.74, 6) is -0.973. The van der Waals surface area contributed by atoms with Crippen molar-refractivity contribution < 1.29 is 14.3 Å². The lowest BCUT2D eigenvalue weighted by Gasteiger charge is -2.05. The number of carbonyl (C=O) groups is 2. The number of pyridine rings is 1. The van der Waals surface area contributed by atoms with Gasteiger partial charge in [-0.1, -0.05) is 29.8 Å². The van der Waals surface area contributed by atoms with Gasteiger partial charge in [0, 0.05) is 5.39 Å². The molecule has 1 amide bonds. The van der Waals surface area contributed by atoms with Crippen molar-refractivity contribution in [2.45, 2.75) is 0 Å². The van der Waals surface area contributed by atoms with Crippen molar-refractivity contribution in [1.82, 2.24) is 10.3 Å². The number of carbonyl (C=O) groups excluding carboxylic acids is 2. The first-order valence-electron chi connectivity index (χ1n) is 5.52. The molecule has 19 heavy (non-hydrogen) atoms. The number of amides is 1. The topological polar surface area (TPSA) is 68.3 Å². The summed E-state index contributed by atoms with van der Waals surface area (Å²) in [6.45, 7) is -0.197.